The molecule has 12 rings (SSSR count). The van der Waals surface area contributed by atoms with E-state index < -0.39 is 0 Å². The Labute approximate surface area is 371 Å². The smallest absolute Gasteiger partial charge is 0.160 e. The third-order valence-electron chi connectivity index (χ3n) is 15.0. The van der Waals surface area contributed by atoms with Gasteiger partial charge in [0.15, 0.2) is 5.82 Å². The van der Waals surface area contributed by atoms with Crippen molar-refractivity contribution in [3.63, 3.8) is 0 Å². The highest BCUT2D eigenvalue weighted by atomic mass is 14.9. The highest BCUT2D eigenvalue weighted by molar-refractivity contribution is 5.93. The fourth-order valence-electron chi connectivity index (χ4n) is 11.8. The van der Waals surface area contributed by atoms with Gasteiger partial charge in [0.05, 0.1) is 11.4 Å². The predicted octanol–water partition coefficient (Wildman–Crippen LogP) is 15.7. The summed E-state index contributed by atoms with van der Waals surface area (Å²) in [5.74, 6) is 1.71. The highest BCUT2D eigenvalue weighted by Gasteiger charge is 2.53. The van der Waals surface area contributed by atoms with Crippen LogP contribution in [0.2, 0.25) is 0 Å². The number of allylic oxidation sites excluding steroid dienone is 4. The van der Waals surface area contributed by atoms with Crippen LogP contribution in [0.4, 0.5) is 0 Å². The first-order valence-corrected chi connectivity index (χ1v) is 22.9. The second-order valence-electron chi connectivity index (χ2n) is 18.8. The monoisotopic (exact) mass is 810 g/mol. The average molecular weight is 811 g/mol. The van der Waals surface area contributed by atoms with E-state index in [0.717, 1.165) is 33.9 Å². The largest absolute Gasteiger partial charge is 0.228 e. The zero-order valence-electron chi connectivity index (χ0n) is 36.1. The minimum Gasteiger partial charge on any atom is -0.228 e. The van der Waals surface area contributed by atoms with Crippen molar-refractivity contribution in [2.24, 2.45) is 5.92 Å². The Morgan fingerprint density at radius 1 is 0.429 bits per heavy atom. The number of hydrogen-bond donors (Lipinski definition) is 0. The summed E-state index contributed by atoms with van der Waals surface area (Å²) >= 11 is 0. The molecule has 2 unspecified atom stereocenters. The Bertz CT molecular complexity index is 3090. The quantitative estimate of drug-likeness (QED) is 0.167. The van der Waals surface area contributed by atoms with Crippen molar-refractivity contribution in [2.75, 3.05) is 0 Å². The van der Waals surface area contributed by atoms with Crippen molar-refractivity contribution in [1.29, 1.82) is 0 Å². The van der Waals surface area contributed by atoms with Crippen molar-refractivity contribution < 1.29 is 0 Å². The minimum absolute atomic E-state index is 0.0369. The maximum atomic E-state index is 5.12. The zero-order valence-corrected chi connectivity index (χ0v) is 36.1. The molecule has 0 saturated heterocycles. The van der Waals surface area contributed by atoms with Gasteiger partial charge in [-0.25, -0.2) is 9.97 Å². The van der Waals surface area contributed by atoms with Gasteiger partial charge >= 0.3 is 0 Å². The van der Waals surface area contributed by atoms with E-state index in [9.17, 15) is 0 Å². The molecule has 0 radical (unpaired) electrons. The van der Waals surface area contributed by atoms with Crippen LogP contribution in [-0.2, 0) is 10.8 Å². The van der Waals surface area contributed by atoms with E-state index in [2.05, 4.69) is 190 Å². The number of hydrogen-bond acceptors (Lipinski definition) is 2. The lowest BCUT2D eigenvalue weighted by Crippen LogP contribution is -2.35. The summed E-state index contributed by atoms with van der Waals surface area (Å²) in [6.07, 6.45) is 12.1. The molecule has 1 saturated carbocycles. The fraction of sp³-hybridized carbons (Fsp3) is 0.180. The number of aromatic nitrogens is 2. The predicted molar refractivity (Wildman–Crippen MR) is 261 cm³/mol. The van der Waals surface area contributed by atoms with Gasteiger partial charge in [-0.05, 0) is 104 Å². The molecule has 8 aromatic rings. The maximum Gasteiger partial charge on any atom is 0.160 e. The van der Waals surface area contributed by atoms with Crippen molar-refractivity contribution in [3.05, 3.63) is 222 Å². The van der Waals surface area contributed by atoms with Crippen LogP contribution in [0.3, 0.4) is 0 Å². The topological polar surface area (TPSA) is 25.8 Å². The SMILES string of the molecule is CC1(C)C2=CC3c4ccccc4C4(CCCCC4)C3C=C2c2cc(-c3cccc(-c4ccc(-c5cc(-c6ccc(-c7ccccc7)cc6)nc(-c6ccccc6)n5)cc4)c3)ccc21. The van der Waals surface area contributed by atoms with Crippen LogP contribution in [0.15, 0.2) is 200 Å². The molecule has 2 nitrogen and oxygen atoms in total. The molecular weight excluding hydrogens is 761 g/mol. The Kier molecular flexibility index (Phi) is 8.94. The molecule has 4 aliphatic carbocycles. The lowest BCUT2D eigenvalue weighted by Gasteiger charge is -2.41. The Morgan fingerprint density at radius 3 is 1.63 bits per heavy atom. The molecule has 2 heteroatoms. The molecule has 304 valence electrons. The molecule has 0 aliphatic heterocycles. The first-order valence-electron chi connectivity index (χ1n) is 22.9. The molecule has 0 N–H and O–H groups in total. The van der Waals surface area contributed by atoms with Gasteiger partial charge in [0.1, 0.15) is 0 Å². The van der Waals surface area contributed by atoms with Crippen molar-refractivity contribution in [1.82, 2.24) is 9.97 Å². The van der Waals surface area contributed by atoms with Crippen molar-refractivity contribution in [3.8, 4) is 67.3 Å². The van der Waals surface area contributed by atoms with Crippen molar-refractivity contribution >= 4 is 5.57 Å². The first-order chi connectivity index (χ1) is 30.9. The summed E-state index contributed by atoms with van der Waals surface area (Å²) in [5.41, 5.74) is 21.5. The van der Waals surface area contributed by atoms with Crippen LogP contribution in [0.5, 0.6) is 0 Å². The summed E-state index contributed by atoms with van der Waals surface area (Å²) in [6.45, 7) is 4.88. The molecule has 1 fully saturated rings. The van der Waals surface area contributed by atoms with Crippen LogP contribution in [0.1, 0.15) is 74.1 Å². The Balaban J connectivity index is 0.864. The molecule has 1 aromatic heterocycles. The van der Waals surface area contributed by atoms with E-state index in [1.807, 2.05) is 18.2 Å². The fourth-order valence-corrected chi connectivity index (χ4v) is 11.8. The lowest BCUT2D eigenvalue weighted by molar-refractivity contribution is 0.233. The van der Waals surface area contributed by atoms with E-state index >= 15 is 0 Å². The first kappa shape index (κ1) is 37.8. The van der Waals surface area contributed by atoms with Gasteiger partial charge in [-0.2, -0.15) is 0 Å². The molecule has 0 bridgehead atoms. The van der Waals surface area contributed by atoms with Gasteiger partial charge in [-0.15, -0.1) is 0 Å². The number of fused-ring (bicyclic) bond motifs is 8. The van der Waals surface area contributed by atoms with Gasteiger partial charge < -0.3 is 0 Å². The Hall–Kier alpha value is -6.90. The summed E-state index contributed by atoms with van der Waals surface area (Å²) in [4.78, 5) is 10.2. The normalized spacial score (nSPS) is 18.8. The summed E-state index contributed by atoms with van der Waals surface area (Å²) < 4.78 is 0. The minimum atomic E-state index is -0.0369. The van der Waals surface area contributed by atoms with Gasteiger partial charge in [0, 0.05) is 33.4 Å². The standard InChI is InChI=1S/C61H50N2/c1-60(2)53-32-31-48(36-50(53)52-38-56-51(37-55(52)60)49-21-10-11-22-54(49)61(56)33-12-5-13-34-61)47-20-14-19-46(35-47)42-25-29-44(30-26-42)58-39-57(62-59(63-58)45-17-8-4-9-18-45)43-27-23-41(24-28-43)40-15-6-3-7-16-40/h3-4,6-11,14-32,35-39,51,56H,5,12-13,33-34H2,1-2H3. The van der Waals surface area contributed by atoms with Crippen LogP contribution in [0.25, 0.3) is 72.9 Å². The Morgan fingerprint density at radius 2 is 0.952 bits per heavy atom. The summed E-state index contributed by atoms with van der Waals surface area (Å²) in [6, 6.07) is 66.3. The number of benzene rings is 7. The van der Waals surface area contributed by atoms with E-state index in [1.165, 1.54) is 87.8 Å². The molecule has 1 spiro atoms. The lowest BCUT2D eigenvalue weighted by atomic mass is 9.62. The molecule has 63 heavy (non-hydrogen) atoms. The van der Waals surface area contributed by atoms with Crippen LogP contribution in [0, 0.1) is 5.92 Å². The van der Waals surface area contributed by atoms with E-state index in [0.29, 0.717) is 11.8 Å². The van der Waals surface area contributed by atoms with Crippen LogP contribution < -0.4 is 0 Å². The zero-order chi connectivity index (χ0) is 42.1. The van der Waals surface area contributed by atoms with Gasteiger partial charge in [0.25, 0.3) is 0 Å². The van der Waals surface area contributed by atoms with E-state index in [4.69, 9.17) is 9.97 Å². The maximum absolute atomic E-state index is 5.12. The second-order valence-corrected chi connectivity index (χ2v) is 18.8. The molecule has 4 aliphatic rings. The highest BCUT2D eigenvalue weighted by Crippen LogP contribution is 2.64. The number of rotatable bonds is 6. The van der Waals surface area contributed by atoms with Gasteiger partial charge in [-0.3, -0.25) is 0 Å². The average Bonchev–Trinajstić information content (AvgIpc) is 3.74. The van der Waals surface area contributed by atoms with Crippen LogP contribution in [-0.4, -0.2) is 9.97 Å². The van der Waals surface area contributed by atoms with Gasteiger partial charge in [-0.1, -0.05) is 209 Å². The second kappa shape index (κ2) is 14.9. The van der Waals surface area contributed by atoms with Gasteiger partial charge in [0.2, 0.25) is 0 Å². The third-order valence-corrected chi connectivity index (χ3v) is 15.0. The van der Waals surface area contributed by atoms with Crippen molar-refractivity contribution in [2.45, 2.75) is 62.7 Å². The molecular formula is C61H50N2. The molecule has 2 atom stereocenters. The number of nitrogens with zero attached hydrogens (tertiary/aromatic N) is 2. The van der Waals surface area contributed by atoms with E-state index in [-0.39, 0.29) is 10.8 Å². The van der Waals surface area contributed by atoms with E-state index in [1.54, 1.807) is 11.1 Å². The summed E-state index contributed by atoms with van der Waals surface area (Å²) in [7, 11) is 0. The van der Waals surface area contributed by atoms with Crippen LogP contribution >= 0.6 is 0 Å². The molecule has 7 aromatic carbocycles. The molecule has 1 heterocycles. The molecule has 0 amide bonds. The summed E-state index contributed by atoms with van der Waals surface area (Å²) in [5, 5.41) is 0. The third kappa shape index (κ3) is 6.29.